The van der Waals surface area contributed by atoms with E-state index in [1.807, 2.05) is 0 Å². The predicted octanol–water partition coefficient (Wildman–Crippen LogP) is 0.340. The van der Waals surface area contributed by atoms with Gasteiger partial charge in [0.15, 0.2) is 0 Å². The summed E-state index contributed by atoms with van der Waals surface area (Å²) in [5.74, 6) is 0. The summed E-state index contributed by atoms with van der Waals surface area (Å²) in [5.41, 5.74) is 0.608. The van der Waals surface area contributed by atoms with Gasteiger partial charge in [0, 0.05) is 36.0 Å². The fourth-order valence-corrected chi connectivity index (χ4v) is 0.282. The van der Waals surface area contributed by atoms with Crippen molar-refractivity contribution < 1.29 is 9.59 Å². The quantitative estimate of drug-likeness (QED) is 0.317. The number of rotatable bonds is 3. The molecule has 0 aliphatic carbocycles. The summed E-state index contributed by atoms with van der Waals surface area (Å²) >= 11 is 0. The standard InChI is InChI=1S/C6H8O2.Na/c1-6(5-8)3-2-4-7;/h3-5H,2H2,1H3;. The Labute approximate surface area is 76.6 Å². The van der Waals surface area contributed by atoms with Gasteiger partial charge in [-0.3, -0.25) is 4.79 Å². The van der Waals surface area contributed by atoms with Crippen molar-refractivity contribution in [2.75, 3.05) is 0 Å². The maximum Gasteiger partial charge on any atom is 0.145 e. The molecule has 0 bridgehead atoms. The summed E-state index contributed by atoms with van der Waals surface area (Å²) in [4.78, 5) is 19.5. The molecule has 2 nitrogen and oxygen atoms in total. The largest absolute Gasteiger partial charge is 0.303 e. The second-order valence-electron chi connectivity index (χ2n) is 1.47. The van der Waals surface area contributed by atoms with Crippen LogP contribution in [0.2, 0.25) is 0 Å². The molecule has 0 heterocycles. The Morgan fingerprint density at radius 1 is 1.44 bits per heavy atom. The van der Waals surface area contributed by atoms with Crippen molar-refractivity contribution in [2.24, 2.45) is 0 Å². The molecular formula is C6H8NaO2. The molecule has 1 radical (unpaired) electrons. The van der Waals surface area contributed by atoms with Crippen molar-refractivity contribution in [1.82, 2.24) is 0 Å². The van der Waals surface area contributed by atoms with Crippen molar-refractivity contribution in [3.8, 4) is 0 Å². The van der Waals surface area contributed by atoms with Gasteiger partial charge >= 0.3 is 0 Å². The minimum atomic E-state index is 0. The van der Waals surface area contributed by atoms with Crippen molar-refractivity contribution >= 4 is 42.1 Å². The van der Waals surface area contributed by atoms with Crippen LogP contribution in [-0.4, -0.2) is 42.1 Å². The van der Waals surface area contributed by atoms with Crippen LogP contribution in [0.25, 0.3) is 0 Å². The van der Waals surface area contributed by atoms with Crippen LogP contribution in [0, 0.1) is 0 Å². The third kappa shape index (κ3) is 8.08. The Kier molecular flexibility index (Phi) is 10.6. The maximum atomic E-state index is 9.83. The van der Waals surface area contributed by atoms with E-state index >= 15 is 0 Å². The molecule has 3 heteroatoms. The summed E-state index contributed by atoms with van der Waals surface area (Å²) in [6.45, 7) is 1.66. The third-order valence-corrected chi connectivity index (χ3v) is 0.722. The van der Waals surface area contributed by atoms with Crippen LogP contribution in [-0.2, 0) is 9.59 Å². The summed E-state index contributed by atoms with van der Waals surface area (Å²) in [5, 5.41) is 0. The molecule has 9 heavy (non-hydrogen) atoms. The molecule has 0 saturated carbocycles. The number of hydrogen-bond acceptors (Lipinski definition) is 2. The Hall–Kier alpha value is 0.0800. The van der Waals surface area contributed by atoms with Crippen molar-refractivity contribution in [1.29, 1.82) is 0 Å². The van der Waals surface area contributed by atoms with E-state index in [1.165, 1.54) is 0 Å². The fraction of sp³-hybridized carbons (Fsp3) is 0.333. The molecule has 0 spiro atoms. The topological polar surface area (TPSA) is 34.1 Å². The summed E-state index contributed by atoms with van der Waals surface area (Å²) in [6, 6.07) is 0. The molecule has 0 rings (SSSR count). The first-order valence-electron chi connectivity index (χ1n) is 2.37. The van der Waals surface area contributed by atoms with Gasteiger partial charge in [0.1, 0.15) is 12.6 Å². The van der Waals surface area contributed by atoms with Crippen LogP contribution >= 0.6 is 0 Å². The van der Waals surface area contributed by atoms with Crippen molar-refractivity contribution in [3.05, 3.63) is 11.6 Å². The van der Waals surface area contributed by atoms with Gasteiger partial charge < -0.3 is 4.79 Å². The fourth-order valence-electron chi connectivity index (χ4n) is 0.282. The Morgan fingerprint density at radius 3 is 2.33 bits per heavy atom. The van der Waals surface area contributed by atoms with Gasteiger partial charge in [0.2, 0.25) is 0 Å². The molecule has 0 fully saturated rings. The molecule has 0 saturated heterocycles. The average Bonchev–Trinajstić information content (AvgIpc) is 1.83. The molecule has 0 unspecified atom stereocenters. The number of aldehydes is 2. The second kappa shape index (κ2) is 8.08. The van der Waals surface area contributed by atoms with Crippen LogP contribution in [0.5, 0.6) is 0 Å². The first-order chi connectivity index (χ1) is 3.81. The number of hydrogen-bond donors (Lipinski definition) is 0. The molecular weight excluding hydrogens is 127 g/mol. The third-order valence-electron chi connectivity index (χ3n) is 0.722. The van der Waals surface area contributed by atoms with Gasteiger partial charge in [-0.15, -0.1) is 0 Å². The van der Waals surface area contributed by atoms with E-state index in [4.69, 9.17) is 0 Å². The first kappa shape index (κ1) is 11.8. The van der Waals surface area contributed by atoms with Crippen LogP contribution in [0.1, 0.15) is 13.3 Å². The molecule has 45 valence electrons. The predicted molar refractivity (Wildman–Crippen MR) is 36.3 cm³/mol. The van der Waals surface area contributed by atoms with E-state index in [2.05, 4.69) is 0 Å². The van der Waals surface area contributed by atoms with Gasteiger partial charge in [-0.25, -0.2) is 0 Å². The van der Waals surface area contributed by atoms with Gasteiger partial charge in [-0.2, -0.15) is 0 Å². The molecule has 0 atom stereocenters. The second-order valence-corrected chi connectivity index (χ2v) is 1.47. The van der Waals surface area contributed by atoms with E-state index < -0.39 is 0 Å². The van der Waals surface area contributed by atoms with Crippen LogP contribution in [0.4, 0.5) is 0 Å². The average molecular weight is 135 g/mol. The van der Waals surface area contributed by atoms with Crippen LogP contribution in [0.15, 0.2) is 11.6 Å². The van der Waals surface area contributed by atoms with E-state index in [0.717, 1.165) is 12.6 Å². The van der Waals surface area contributed by atoms with Gasteiger partial charge in [-0.05, 0) is 12.5 Å². The van der Waals surface area contributed by atoms with E-state index in [0.29, 0.717) is 12.0 Å². The van der Waals surface area contributed by atoms with Crippen LogP contribution in [0.3, 0.4) is 0 Å². The normalized spacial score (nSPS) is 9.67. The molecule has 0 aromatic heterocycles. The van der Waals surface area contributed by atoms with E-state index in [9.17, 15) is 9.59 Å². The molecule has 0 aliphatic heterocycles. The zero-order valence-electron chi connectivity index (χ0n) is 5.76. The molecule has 0 aliphatic rings. The molecule has 0 aromatic rings. The van der Waals surface area contributed by atoms with Crippen molar-refractivity contribution in [3.63, 3.8) is 0 Å². The number of allylic oxidation sites excluding steroid dienone is 2. The monoisotopic (exact) mass is 135 g/mol. The zero-order valence-corrected chi connectivity index (χ0v) is 7.76. The van der Waals surface area contributed by atoms with E-state index in [1.54, 1.807) is 13.0 Å². The van der Waals surface area contributed by atoms with Gasteiger partial charge in [0.25, 0.3) is 0 Å². The zero-order chi connectivity index (χ0) is 6.41. The minimum Gasteiger partial charge on any atom is -0.303 e. The summed E-state index contributed by atoms with van der Waals surface area (Å²) in [6.07, 6.45) is 3.40. The van der Waals surface area contributed by atoms with Gasteiger partial charge in [0.05, 0.1) is 0 Å². The smallest absolute Gasteiger partial charge is 0.145 e. The van der Waals surface area contributed by atoms with Crippen molar-refractivity contribution in [2.45, 2.75) is 13.3 Å². The SMILES string of the molecule is CC(C=O)=CCC=O.[Na]. The number of carbonyl (C=O) groups excluding carboxylic acids is 2. The van der Waals surface area contributed by atoms with E-state index in [-0.39, 0.29) is 29.6 Å². The molecule has 0 aromatic carbocycles. The van der Waals surface area contributed by atoms with Crippen LogP contribution < -0.4 is 0 Å². The maximum absolute atomic E-state index is 9.83. The first-order valence-corrected chi connectivity index (χ1v) is 2.37. The number of carbonyl (C=O) groups is 2. The Balaban J connectivity index is 0. The molecule has 0 amide bonds. The minimum absolute atomic E-state index is 0. The summed E-state index contributed by atoms with van der Waals surface area (Å²) in [7, 11) is 0. The summed E-state index contributed by atoms with van der Waals surface area (Å²) < 4.78 is 0. The Bertz CT molecular complexity index is 118. The Morgan fingerprint density at radius 2 is 2.00 bits per heavy atom. The molecule has 0 N–H and O–H groups in total. The van der Waals surface area contributed by atoms with Gasteiger partial charge in [-0.1, -0.05) is 6.08 Å².